The Balaban J connectivity index is 1.82. The van der Waals surface area contributed by atoms with Crippen molar-refractivity contribution in [1.29, 1.82) is 0 Å². The molecule has 26 heavy (non-hydrogen) atoms. The van der Waals surface area contributed by atoms with Crippen LogP contribution in [0, 0.1) is 5.82 Å². The smallest absolute Gasteiger partial charge is 0.347 e. The summed E-state index contributed by atoms with van der Waals surface area (Å²) in [4.78, 5) is 25.3. The Bertz CT molecular complexity index is 784. The van der Waals surface area contributed by atoms with Gasteiger partial charge in [-0.05, 0) is 31.2 Å². The largest absolute Gasteiger partial charge is 0.479 e. The van der Waals surface area contributed by atoms with Crippen LogP contribution in [0.15, 0.2) is 48.5 Å². The van der Waals surface area contributed by atoms with Crippen molar-refractivity contribution >= 4 is 23.5 Å². The first-order valence-corrected chi connectivity index (χ1v) is 8.31. The number of amides is 1. The third kappa shape index (κ3) is 5.74. The maximum Gasteiger partial charge on any atom is 0.347 e. The van der Waals surface area contributed by atoms with Gasteiger partial charge < -0.3 is 14.4 Å². The van der Waals surface area contributed by atoms with Crippen LogP contribution in [0.5, 0.6) is 5.75 Å². The molecule has 0 aliphatic carbocycles. The molecular formula is C19H19ClFNO4. The van der Waals surface area contributed by atoms with E-state index in [1.807, 2.05) is 0 Å². The molecule has 138 valence electrons. The number of ether oxygens (including phenoxy) is 2. The van der Waals surface area contributed by atoms with E-state index < -0.39 is 30.4 Å². The molecule has 0 radical (unpaired) electrons. The molecule has 0 aromatic heterocycles. The molecule has 0 bridgehead atoms. The quantitative estimate of drug-likeness (QED) is 0.691. The minimum Gasteiger partial charge on any atom is -0.479 e. The first kappa shape index (κ1) is 19.7. The van der Waals surface area contributed by atoms with Crippen LogP contribution in [0.4, 0.5) is 4.39 Å². The van der Waals surface area contributed by atoms with Gasteiger partial charge in [-0.25, -0.2) is 9.18 Å². The SMILES string of the molecule is CC(Oc1cccc(Cl)c1)C(=O)OCC(=O)N(C)Cc1ccccc1F. The fraction of sp³-hybridized carbons (Fsp3) is 0.263. The van der Waals surface area contributed by atoms with Crippen LogP contribution in [0.2, 0.25) is 5.02 Å². The number of benzene rings is 2. The van der Waals surface area contributed by atoms with Crippen LogP contribution < -0.4 is 4.74 Å². The van der Waals surface area contributed by atoms with Gasteiger partial charge in [-0.15, -0.1) is 0 Å². The van der Waals surface area contributed by atoms with Gasteiger partial charge in [0.15, 0.2) is 12.7 Å². The molecule has 0 fully saturated rings. The van der Waals surface area contributed by atoms with E-state index in [0.717, 1.165) is 0 Å². The molecule has 0 saturated heterocycles. The van der Waals surface area contributed by atoms with Crippen LogP contribution in [0.3, 0.4) is 0 Å². The molecule has 0 N–H and O–H groups in total. The van der Waals surface area contributed by atoms with Crippen molar-refractivity contribution in [1.82, 2.24) is 4.90 Å². The van der Waals surface area contributed by atoms with Crippen molar-refractivity contribution in [3.63, 3.8) is 0 Å². The number of hydrogen-bond donors (Lipinski definition) is 0. The van der Waals surface area contributed by atoms with Crippen LogP contribution in [0.1, 0.15) is 12.5 Å². The molecule has 2 aromatic carbocycles. The van der Waals surface area contributed by atoms with Gasteiger partial charge >= 0.3 is 5.97 Å². The number of nitrogens with zero attached hydrogens (tertiary/aromatic N) is 1. The Morgan fingerprint density at radius 2 is 1.92 bits per heavy atom. The highest BCUT2D eigenvalue weighted by Crippen LogP contribution is 2.18. The summed E-state index contributed by atoms with van der Waals surface area (Å²) in [5, 5.41) is 0.480. The summed E-state index contributed by atoms with van der Waals surface area (Å²) in [6.45, 7) is 1.14. The van der Waals surface area contributed by atoms with E-state index in [-0.39, 0.29) is 6.54 Å². The minimum atomic E-state index is -0.904. The molecule has 7 heteroatoms. The second-order valence-electron chi connectivity index (χ2n) is 5.67. The zero-order chi connectivity index (χ0) is 19.1. The van der Waals surface area contributed by atoms with Crippen molar-refractivity contribution in [3.8, 4) is 5.75 Å². The van der Waals surface area contributed by atoms with Crippen molar-refractivity contribution in [2.45, 2.75) is 19.6 Å². The number of rotatable bonds is 7. The van der Waals surface area contributed by atoms with Crippen LogP contribution in [-0.2, 0) is 20.9 Å². The summed E-state index contributed by atoms with van der Waals surface area (Å²) < 4.78 is 24.0. The number of carbonyl (C=O) groups excluding carboxylic acids is 2. The summed E-state index contributed by atoms with van der Waals surface area (Å²) in [6.07, 6.45) is -0.904. The summed E-state index contributed by atoms with van der Waals surface area (Å²) in [6, 6.07) is 12.8. The highest BCUT2D eigenvalue weighted by Gasteiger charge is 2.19. The van der Waals surface area contributed by atoms with E-state index in [9.17, 15) is 14.0 Å². The number of esters is 1. The van der Waals surface area contributed by atoms with E-state index in [1.165, 1.54) is 24.9 Å². The molecule has 2 rings (SSSR count). The average molecular weight is 380 g/mol. The van der Waals surface area contributed by atoms with Crippen LogP contribution in [0.25, 0.3) is 0 Å². The summed E-state index contributed by atoms with van der Waals surface area (Å²) >= 11 is 5.85. The minimum absolute atomic E-state index is 0.0810. The van der Waals surface area contributed by atoms with Crippen molar-refractivity contribution in [2.75, 3.05) is 13.7 Å². The topological polar surface area (TPSA) is 55.8 Å². The van der Waals surface area contributed by atoms with E-state index >= 15 is 0 Å². The van der Waals surface area contributed by atoms with Crippen molar-refractivity contribution in [2.24, 2.45) is 0 Å². The second kappa shape index (κ2) is 9.20. The van der Waals surface area contributed by atoms with Crippen LogP contribution in [-0.4, -0.2) is 36.5 Å². The average Bonchev–Trinajstić information content (AvgIpc) is 2.61. The van der Waals surface area contributed by atoms with Crippen molar-refractivity contribution in [3.05, 3.63) is 64.9 Å². The molecule has 0 aliphatic rings. The lowest BCUT2D eigenvalue weighted by Gasteiger charge is -2.19. The number of hydrogen-bond acceptors (Lipinski definition) is 4. The summed E-state index contributed by atoms with van der Waals surface area (Å²) in [5.74, 6) is -1.10. The third-order valence-corrected chi connectivity index (χ3v) is 3.80. The maximum atomic E-state index is 13.6. The summed E-state index contributed by atoms with van der Waals surface area (Å²) in [5.41, 5.74) is 0.382. The molecule has 1 amide bonds. The Labute approximate surface area is 156 Å². The predicted octanol–water partition coefficient (Wildman–Crippen LogP) is 3.45. The number of halogens is 2. The Hall–Kier alpha value is -2.60. The van der Waals surface area contributed by atoms with Gasteiger partial charge in [0.1, 0.15) is 11.6 Å². The molecule has 0 spiro atoms. The maximum absolute atomic E-state index is 13.6. The van der Waals surface area contributed by atoms with Crippen LogP contribution >= 0.6 is 11.6 Å². The molecule has 1 unspecified atom stereocenters. The van der Waals surface area contributed by atoms with Gasteiger partial charge in [0.2, 0.25) is 0 Å². The normalized spacial score (nSPS) is 11.5. The molecule has 0 saturated carbocycles. The van der Waals surface area contributed by atoms with Gasteiger partial charge in [0, 0.05) is 24.2 Å². The lowest BCUT2D eigenvalue weighted by atomic mass is 10.2. The fourth-order valence-electron chi connectivity index (χ4n) is 2.12. The van der Waals surface area contributed by atoms with Gasteiger partial charge in [-0.1, -0.05) is 35.9 Å². The lowest BCUT2D eigenvalue weighted by Crippen LogP contribution is -2.34. The molecule has 2 aromatic rings. The first-order valence-electron chi connectivity index (χ1n) is 7.93. The first-order chi connectivity index (χ1) is 12.4. The highest BCUT2D eigenvalue weighted by molar-refractivity contribution is 6.30. The van der Waals surface area contributed by atoms with Gasteiger partial charge in [0.25, 0.3) is 5.91 Å². The fourth-order valence-corrected chi connectivity index (χ4v) is 2.30. The predicted molar refractivity (Wildman–Crippen MR) is 95.4 cm³/mol. The standard InChI is InChI=1S/C19H19ClFNO4/c1-13(26-16-8-5-7-15(20)10-16)19(24)25-12-18(23)22(2)11-14-6-3-4-9-17(14)21/h3-10,13H,11-12H2,1-2H3. The van der Waals surface area contributed by atoms with E-state index in [2.05, 4.69) is 0 Å². The number of likely N-dealkylation sites (N-methyl/N-ethyl adjacent to an activating group) is 1. The molecule has 0 heterocycles. The van der Waals surface area contributed by atoms with Gasteiger partial charge in [0.05, 0.1) is 0 Å². The van der Waals surface area contributed by atoms with Crippen molar-refractivity contribution < 1.29 is 23.5 Å². The molecular weight excluding hydrogens is 361 g/mol. The van der Waals surface area contributed by atoms with Gasteiger partial charge in [-0.2, -0.15) is 0 Å². The Morgan fingerprint density at radius 3 is 2.62 bits per heavy atom. The third-order valence-electron chi connectivity index (χ3n) is 3.57. The second-order valence-corrected chi connectivity index (χ2v) is 6.10. The van der Waals surface area contributed by atoms with E-state index in [1.54, 1.807) is 42.5 Å². The monoisotopic (exact) mass is 379 g/mol. The Kier molecular flexibility index (Phi) is 6.97. The molecule has 1 atom stereocenters. The zero-order valence-corrected chi connectivity index (χ0v) is 15.2. The Morgan fingerprint density at radius 1 is 1.19 bits per heavy atom. The zero-order valence-electron chi connectivity index (χ0n) is 14.4. The lowest BCUT2D eigenvalue weighted by molar-refractivity contribution is -0.157. The molecule has 5 nitrogen and oxygen atoms in total. The van der Waals surface area contributed by atoms with Gasteiger partial charge in [-0.3, -0.25) is 4.79 Å². The van der Waals surface area contributed by atoms with E-state index in [0.29, 0.717) is 16.3 Å². The number of carbonyl (C=O) groups is 2. The molecule has 0 aliphatic heterocycles. The highest BCUT2D eigenvalue weighted by atomic mass is 35.5. The summed E-state index contributed by atoms with van der Waals surface area (Å²) in [7, 11) is 1.51. The van der Waals surface area contributed by atoms with E-state index in [4.69, 9.17) is 21.1 Å².